The molecule has 0 aromatic heterocycles. The van der Waals surface area contributed by atoms with Crippen LogP contribution in [-0.4, -0.2) is 46.8 Å². The Bertz CT molecular complexity index is 294. The lowest BCUT2D eigenvalue weighted by Gasteiger charge is -2.13. The highest BCUT2D eigenvalue weighted by molar-refractivity contribution is 5.77. The van der Waals surface area contributed by atoms with Crippen LogP contribution in [0.25, 0.3) is 0 Å². The predicted molar refractivity (Wildman–Crippen MR) is 58.1 cm³/mol. The van der Waals surface area contributed by atoms with E-state index in [2.05, 4.69) is 10.6 Å². The minimum absolute atomic E-state index is 0.0165. The number of amides is 3. The Labute approximate surface area is 98.2 Å². The molecule has 0 heterocycles. The van der Waals surface area contributed by atoms with Crippen LogP contribution in [0.5, 0.6) is 0 Å². The van der Waals surface area contributed by atoms with E-state index in [0.29, 0.717) is 0 Å². The number of aliphatic carboxylic acids is 1. The molecular weight excluding hydrogens is 230 g/mol. The molecule has 0 fully saturated rings. The number of rotatable bonds is 7. The fraction of sp³-hybridized carbons (Fsp3) is 0.667. The summed E-state index contributed by atoms with van der Waals surface area (Å²) in [5.41, 5.74) is 4.93. The Kier molecular flexibility index (Phi) is 6.64. The fourth-order valence-corrected chi connectivity index (χ4v) is 1.07. The summed E-state index contributed by atoms with van der Waals surface area (Å²) in [4.78, 5) is 31.9. The van der Waals surface area contributed by atoms with Crippen LogP contribution in [0.2, 0.25) is 0 Å². The maximum Gasteiger partial charge on any atom is 0.332 e. The monoisotopic (exact) mass is 247 g/mol. The summed E-state index contributed by atoms with van der Waals surface area (Å²) in [6.07, 6.45) is -1.57. The number of nitrogens with one attached hydrogen (secondary N) is 2. The second-order valence-corrected chi connectivity index (χ2v) is 3.61. The third-order valence-electron chi connectivity index (χ3n) is 1.87. The van der Waals surface area contributed by atoms with E-state index in [1.807, 2.05) is 0 Å². The summed E-state index contributed by atoms with van der Waals surface area (Å²) >= 11 is 0. The molecule has 0 radical (unpaired) electrons. The summed E-state index contributed by atoms with van der Waals surface area (Å²) < 4.78 is 0. The molecular formula is C9H17N3O5. The summed E-state index contributed by atoms with van der Waals surface area (Å²) in [5, 5.41) is 22.1. The quantitative estimate of drug-likeness (QED) is 0.367. The van der Waals surface area contributed by atoms with Gasteiger partial charge >= 0.3 is 12.0 Å². The van der Waals surface area contributed by atoms with Crippen LogP contribution in [0.15, 0.2) is 0 Å². The standard InChI is InChI=1S/C9H17N3O5/c1-5(4-7(10)14)12-9(17)11-3-2-6(13)8(15)16/h5-6,13H,2-4H2,1H3,(H2,10,14)(H,15,16)(H2,11,12,17). The molecule has 0 rings (SSSR count). The molecule has 0 aromatic rings. The maximum atomic E-state index is 11.2. The van der Waals surface area contributed by atoms with Gasteiger partial charge in [0.05, 0.1) is 0 Å². The van der Waals surface area contributed by atoms with E-state index in [-0.39, 0.29) is 19.4 Å². The first-order chi connectivity index (χ1) is 7.82. The zero-order chi connectivity index (χ0) is 13.4. The van der Waals surface area contributed by atoms with E-state index in [0.717, 1.165) is 0 Å². The summed E-state index contributed by atoms with van der Waals surface area (Å²) in [6, 6.07) is -0.951. The minimum Gasteiger partial charge on any atom is -0.479 e. The van der Waals surface area contributed by atoms with Gasteiger partial charge in [-0.1, -0.05) is 0 Å². The summed E-state index contributed by atoms with van der Waals surface area (Å²) in [5.74, 6) is -1.87. The van der Waals surface area contributed by atoms with Crippen molar-refractivity contribution in [1.29, 1.82) is 0 Å². The first-order valence-electron chi connectivity index (χ1n) is 5.06. The van der Waals surface area contributed by atoms with Crippen molar-refractivity contribution in [1.82, 2.24) is 10.6 Å². The SMILES string of the molecule is CC(CC(N)=O)NC(=O)NCCC(O)C(=O)O. The molecule has 0 aliphatic heterocycles. The van der Waals surface area contributed by atoms with Crippen LogP contribution >= 0.6 is 0 Å². The van der Waals surface area contributed by atoms with E-state index in [9.17, 15) is 14.4 Å². The van der Waals surface area contributed by atoms with Crippen molar-refractivity contribution in [2.45, 2.75) is 31.9 Å². The lowest BCUT2D eigenvalue weighted by molar-refractivity contribution is -0.146. The van der Waals surface area contributed by atoms with E-state index >= 15 is 0 Å². The molecule has 3 amide bonds. The van der Waals surface area contributed by atoms with Gasteiger partial charge in [0.1, 0.15) is 0 Å². The number of carboxylic acids is 1. The zero-order valence-corrected chi connectivity index (χ0v) is 9.47. The second-order valence-electron chi connectivity index (χ2n) is 3.61. The van der Waals surface area contributed by atoms with E-state index < -0.39 is 30.1 Å². The van der Waals surface area contributed by atoms with Gasteiger partial charge in [0.2, 0.25) is 5.91 Å². The molecule has 0 aliphatic rings. The van der Waals surface area contributed by atoms with Crippen LogP contribution in [0, 0.1) is 0 Å². The lowest BCUT2D eigenvalue weighted by atomic mass is 10.2. The number of hydrogen-bond donors (Lipinski definition) is 5. The molecule has 0 aliphatic carbocycles. The Morgan fingerprint density at radius 3 is 2.41 bits per heavy atom. The molecule has 6 N–H and O–H groups in total. The third kappa shape index (κ3) is 8.03. The number of nitrogens with two attached hydrogens (primary N) is 1. The summed E-state index contributed by atoms with van der Waals surface area (Å²) in [7, 11) is 0. The number of carbonyl (C=O) groups excluding carboxylic acids is 2. The highest BCUT2D eigenvalue weighted by Gasteiger charge is 2.13. The molecule has 17 heavy (non-hydrogen) atoms. The normalized spacial score (nSPS) is 13.5. The van der Waals surface area contributed by atoms with Crippen molar-refractivity contribution in [3.63, 3.8) is 0 Å². The van der Waals surface area contributed by atoms with Crippen molar-refractivity contribution in [2.75, 3.05) is 6.54 Å². The highest BCUT2D eigenvalue weighted by Crippen LogP contribution is 1.91. The van der Waals surface area contributed by atoms with E-state index in [1.165, 1.54) is 0 Å². The minimum atomic E-state index is -1.50. The fourth-order valence-electron chi connectivity index (χ4n) is 1.07. The molecule has 0 spiro atoms. The molecule has 0 bridgehead atoms. The average Bonchev–Trinajstić information content (AvgIpc) is 2.15. The van der Waals surface area contributed by atoms with Crippen LogP contribution < -0.4 is 16.4 Å². The lowest BCUT2D eigenvalue weighted by Crippen LogP contribution is -2.43. The number of aliphatic hydroxyl groups excluding tert-OH is 1. The number of carboxylic acid groups (broad SMARTS) is 1. The van der Waals surface area contributed by atoms with E-state index in [4.69, 9.17) is 15.9 Å². The predicted octanol–water partition coefficient (Wildman–Crippen LogP) is -1.61. The van der Waals surface area contributed by atoms with Gasteiger partial charge in [0, 0.05) is 25.4 Å². The van der Waals surface area contributed by atoms with Gasteiger partial charge in [0.15, 0.2) is 6.10 Å². The Hall–Kier alpha value is -1.83. The number of primary amides is 1. The number of urea groups is 1. The first kappa shape index (κ1) is 15.2. The summed E-state index contributed by atoms with van der Waals surface area (Å²) in [6.45, 7) is 1.62. The van der Waals surface area contributed by atoms with Gasteiger partial charge in [-0.3, -0.25) is 4.79 Å². The molecule has 98 valence electrons. The van der Waals surface area contributed by atoms with Gasteiger partial charge in [0.25, 0.3) is 0 Å². The van der Waals surface area contributed by atoms with Gasteiger partial charge < -0.3 is 26.6 Å². The Morgan fingerprint density at radius 1 is 1.35 bits per heavy atom. The van der Waals surface area contributed by atoms with Crippen LogP contribution in [0.4, 0.5) is 4.79 Å². The average molecular weight is 247 g/mol. The second kappa shape index (κ2) is 7.44. The number of aliphatic hydroxyl groups is 1. The topological polar surface area (TPSA) is 142 Å². The first-order valence-corrected chi connectivity index (χ1v) is 5.06. The molecule has 8 heteroatoms. The van der Waals surface area contributed by atoms with Crippen molar-refractivity contribution in [2.24, 2.45) is 5.73 Å². The van der Waals surface area contributed by atoms with Crippen molar-refractivity contribution in [3.8, 4) is 0 Å². The number of carbonyl (C=O) groups is 3. The molecule has 8 nitrogen and oxygen atoms in total. The highest BCUT2D eigenvalue weighted by atomic mass is 16.4. The van der Waals surface area contributed by atoms with Gasteiger partial charge in [-0.15, -0.1) is 0 Å². The number of hydrogen-bond acceptors (Lipinski definition) is 4. The molecule has 0 aromatic carbocycles. The smallest absolute Gasteiger partial charge is 0.332 e. The van der Waals surface area contributed by atoms with Crippen molar-refractivity contribution in [3.05, 3.63) is 0 Å². The molecule has 0 saturated heterocycles. The van der Waals surface area contributed by atoms with Gasteiger partial charge in [-0.25, -0.2) is 9.59 Å². The van der Waals surface area contributed by atoms with Crippen LogP contribution in [0.3, 0.4) is 0 Å². The Morgan fingerprint density at radius 2 is 1.94 bits per heavy atom. The van der Waals surface area contributed by atoms with E-state index in [1.54, 1.807) is 6.92 Å². The largest absolute Gasteiger partial charge is 0.479 e. The molecule has 2 atom stereocenters. The maximum absolute atomic E-state index is 11.2. The van der Waals surface area contributed by atoms with Crippen LogP contribution in [0.1, 0.15) is 19.8 Å². The molecule has 0 saturated carbocycles. The van der Waals surface area contributed by atoms with Crippen LogP contribution in [-0.2, 0) is 9.59 Å². The third-order valence-corrected chi connectivity index (χ3v) is 1.87. The van der Waals surface area contributed by atoms with Gasteiger partial charge in [-0.2, -0.15) is 0 Å². The van der Waals surface area contributed by atoms with Crippen molar-refractivity contribution >= 4 is 17.9 Å². The zero-order valence-electron chi connectivity index (χ0n) is 9.47. The Balaban J connectivity index is 3.73. The van der Waals surface area contributed by atoms with Crippen molar-refractivity contribution < 1.29 is 24.6 Å². The molecule has 2 unspecified atom stereocenters. The van der Waals surface area contributed by atoms with Gasteiger partial charge in [-0.05, 0) is 6.92 Å².